The molecule has 14 heavy (non-hydrogen) atoms. The maximum Gasteiger partial charge on any atom is 0.267 e. The summed E-state index contributed by atoms with van der Waals surface area (Å²) in [6.07, 6.45) is 1.51. The fourth-order valence-corrected chi connectivity index (χ4v) is 1.96. The number of rotatable bonds is 1. The van der Waals surface area contributed by atoms with Crippen molar-refractivity contribution in [1.82, 2.24) is 9.27 Å². The molecule has 1 aromatic heterocycles. The first kappa shape index (κ1) is 9.42. The molecule has 0 unspecified atom stereocenters. The smallest absolute Gasteiger partial charge is 0.267 e. The van der Waals surface area contributed by atoms with Gasteiger partial charge in [0.05, 0.1) is 25.1 Å². The lowest BCUT2D eigenvalue weighted by atomic mass is 10.3. The normalized spacial score (nSPS) is 17.0. The maximum absolute atomic E-state index is 11.8. The number of ether oxygens (including phenoxy) is 1. The van der Waals surface area contributed by atoms with Crippen LogP contribution in [0.3, 0.4) is 0 Å². The summed E-state index contributed by atoms with van der Waals surface area (Å²) >= 11 is 1.14. The number of carbonyl (C=O) groups is 1. The second-order valence-electron chi connectivity index (χ2n) is 3.01. The Balaban J connectivity index is 2.11. The number of aromatic nitrogens is 1. The van der Waals surface area contributed by atoms with Gasteiger partial charge >= 0.3 is 0 Å². The van der Waals surface area contributed by atoms with E-state index >= 15 is 0 Å². The van der Waals surface area contributed by atoms with Crippen LogP contribution in [0.4, 0.5) is 5.69 Å². The highest BCUT2D eigenvalue weighted by atomic mass is 32.1. The lowest BCUT2D eigenvalue weighted by Gasteiger charge is -2.26. The van der Waals surface area contributed by atoms with Crippen molar-refractivity contribution in [3.63, 3.8) is 0 Å². The van der Waals surface area contributed by atoms with E-state index in [4.69, 9.17) is 10.5 Å². The van der Waals surface area contributed by atoms with Crippen LogP contribution in [0, 0.1) is 0 Å². The number of carbonyl (C=O) groups excluding carboxylic acids is 1. The number of amides is 1. The van der Waals surface area contributed by atoms with Gasteiger partial charge in [-0.3, -0.25) is 4.79 Å². The minimum absolute atomic E-state index is 0.0340. The Morgan fingerprint density at radius 2 is 2.29 bits per heavy atom. The van der Waals surface area contributed by atoms with Crippen LogP contribution in [0.25, 0.3) is 0 Å². The first-order valence-electron chi connectivity index (χ1n) is 4.36. The molecule has 0 aromatic carbocycles. The van der Waals surface area contributed by atoms with E-state index in [9.17, 15) is 4.79 Å². The average molecular weight is 213 g/mol. The molecule has 0 atom stereocenters. The fourth-order valence-electron chi connectivity index (χ4n) is 1.32. The van der Waals surface area contributed by atoms with Gasteiger partial charge in [0.1, 0.15) is 4.88 Å². The van der Waals surface area contributed by atoms with Crippen molar-refractivity contribution >= 4 is 23.1 Å². The summed E-state index contributed by atoms with van der Waals surface area (Å²) < 4.78 is 9.04. The fraction of sp³-hybridized carbons (Fsp3) is 0.500. The van der Waals surface area contributed by atoms with E-state index in [0.29, 0.717) is 36.9 Å². The van der Waals surface area contributed by atoms with Crippen LogP contribution in [0.15, 0.2) is 6.20 Å². The Labute approximate surface area is 85.6 Å². The van der Waals surface area contributed by atoms with Crippen LogP contribution < -0.4 is 5.73 Å². The minimum Gasteiger partial charge on any atom is -0.396 e. The van der Waals surface area contributed by atoms with Crippen molar-refractivity contribution in [1.29, 1.82) is 0 Å². The van der Waals surface area contributed by atoms with Crippen molar-refractivity contribution < 1.29 is 9.53 Å². The molecule has 2 heterocycles. The van der Waals surface area contributed by atoms with Gasteiger partial charge < -0.3 is 15.4 Å². The van der Waals surface area contributed by atoms with Gasteiger partial charge in [0.15, 0.2) is 0 Å². The van der Waals surface area contributed by atoms with E-state index in [-0.39, 0.29) is 5.91 Å². The van der Waals surface area contributed by atoms with Gasteiger partial charge in [-0.15, -0.1) is 0 Å². The predicted molar refractivity (Wildman–Crippen MR) is 53.2 cm³/mol. The molecule has 1 fully saturated rings. The zero-order valence-electron chi connectivity index (χ0n) is 7.60. The second-order valence-corrected chi connectivity index (χ2v) is 3.82. The molecule has 1 amide bonds. The predicted octanol–water partition coefficient (Wildman–Crippen LogP) is 0.198. The molecule has 76 valence electrons. The Kier molecular flexibility index (Phi) is 2.64. The molecular formula is C8H11N3O2S. The summed E-state index contributed by atoms with van der Waals surface area (Å²) in [5.74, 6) is -0.0340. The van der Waals surface area contributed by atoms with Crippen LogP contribution in [0.2, 0.25) is 0 Å². The molecule has 1 aromatic rings. The quantitative estimate of drug-likeness (QED) is 0.723. The molecule has 0 saturated carbocycles. The minimum atomic E-state index is -0.0340. The van der Waals surface area contributed by atoms with Gasteiger partial charge in [-0.25, -0.2) is 0 Å². The molecule has 2 N–H and O–H groups in total. The van der Waals surface area contributed by atoms with Crippen molar-refractivity contribution in [2.24, 2.45) is 0 Å². The largest absolute Gasteiger partial charge is 0.396 e. The number of nitrogens with zero attached hydrogens (tertiary/aromatic N) is 2. The SMILES string of the molecule is Nc1cnsc1C(=O)N1CCOCC1. The molecule has 1 aliphatic heterocycles. The third-order valence-corrected chi connectivity index (χ3v) is 2.89. The standard InChI is InChI=1S/C8H11N3O2S/c9-6-5-10-14-7(6)8(12)11-1-3-13-4-2-11/h5H,1-4,9H2. The molecule has 0 bridgehead atoms. The van der Waals surface area contributed by atoms with Gasteiger partial charge in [-0.2, -0.15) is 4.37 Å². The van der Waals surface area contributed by atoms with Crippen molar-refractivity contribution in [2.45, 2.75) is 0 Å². The molecule has 1 saturated heterocycles. The first-order chi connectivity index (χ1) is 6.79. The van der Waals surface area contributed by atoms with E-state index in [1.807, 2.05) is 0 Å². The second kappa shape index (κ2) is 3.93. The zero-order chi connectivity index (χ0) is 9.97. The summed E-state index contributed by atoms with van der Waals surface area (Å²) in [5.41, 5.74) is 6.08. The van der Waals surface area contributed by atoms with Crippen LogP contribution in [0.5, 0.6) is 0 Å². The number of morpholine rings is 1. The Morgan fingerprint density at radius 1 is 1.57 bits per heavy atom. The van der Waals surface area contributed by atoms with Crippen LogP contribution >= 0.6 is 11.5 Å². The van der Waals surface area contributed by atoms with Gasteiger partial charge in [0.2, 0.25) is 0 Å². The van der Waals surface area contributed by atoms with E-state index in [1.54, 1.807) is 4.90 Å². The molecule has 0 spiro atoms. The Morgan fingerprint density at radius 3 is 2.86 bits per heavy atom. The summed E-state index contributed by atoms with van der Waals surface area (Å²) in [5, 5.41) is 0. The van der Waals surface area contributed by atoms with Crippen molar-refractivity contribution in [2.75, 3.05) is 32.0 Å². The van der Waals surface area contributed by atoms with E-state index in [1.165, 1.54) is 6.20 Å². The Bertz CT molecular complexity index is 333. The molecule has 6 heteroatoms. The summed E-state index contributed by atoms with van der Waals surface area (Å²) in [4.78, 5) is 14.1. The van der Waals surface area contributed by atoms with Gasteiger partial charge in [0.25, 0.3) is 5.91 Å². The van der Waals surface area contributed by atoms with Crippen LogP contribution in [-0.2, 0) is 4.74 Å². The van der Waals surface area contributed by atoms with Crippen LogP contribution in [-0.4, -0.2) is 41.5 Å². The van der Waals surface area contributed by atoms with E-state index < -0.39 is 0 Å². The van der Waals surface area contributed by atoms with E-state index in [2.05, 4.69) is 4.37 Å². The third-order valence-electron chi connectivity index (χ3n) is 2.09. The van der Waals surface area contributed by atoms with Gasteiger partial charge in [0, 0.05) is 13.1 Å². The highest BCUT2D eigenvalue weighted by molar-refractivity contribution is 7.08. The number of hydrogen-bond acceptors (Lipinski definition) is 5. The summed E-state index contributed by atoms with van der Waals surface area (Å²) in [7, 11) is 0. The highest BCUT2D eigenvalue weighted by Gasteiger charge is 2.21. The average Bonchev–Trinajstić information content (AvgIpc) is 2.65. The molecule has 5 nitrogen and oxygen atoms in total. The third kappa shape index (κ3) is 1.71. The first-order valence-corrected chi connectivity index (χ1v) is 5.13. The molecular weight excluding hydrogens is 202 g/mol. The molecule has 0 aliphatic carbocycles. The lowest BCUT2D eigenvalue weighted by Crippen LogP contribution is -2.40. The summed E-state index contributed by atoms with van der Waals surface area (Å²) in [6.45, 7) is 2.47. The van der Waals surface area contributed by atoms with E-state index in [0.717, 1.165) is 11.5 Å². The number of nitrogens with two attached hydrogens (primary N) is 1. The molecule has 1 aliphatic rings. The monoisotopic (exact) mass is 213 g/mol. The highest BCUT2D eigenvalue weighted by Crippen LogP contribution is 2.18. The number of nitrogen functional groups attached to an aromatic ring is 1. The number of hydrogen-bond donors (Lipinski definition) is 1. The van der Waals surface area contributed by atoms with Gasteiger partial charge in [-0.05, 0) is 11.5 Å². The topological polar surface area (TPSA) is 68.5 Å². The molecule has 0 radical (unpaired) electrons. The Hall–Kier alpha value is -1.14. The zero-order valence-corrected chi connectivity index (χ0v) is 8.42. The summed E-state index contributed by atoms with van der Waals surface area (Å²) in [6, 6.07) is 0. The maximum atomic E-state index is 11.8. The van der Waals surface area contributed by atoms with Crippen molar-refractivity contribution in [3.8, 4) is 0 Å². The van der Waals surface area contributed by atoms with Crippen molar-refractivity contribution in [3.05, 3.63) is 11.1 Å². The number of anilines is 1. The van der Waals surface area contributed by atoms with Crippen LogP contribution in [0.1, 0.15) is 9.67 Å². The lowest BCUT2D eigenvalue weighted by molar-refractivity contribution is 0.0307. The molecule has 2 rings (SSSR count). The van der Waals surface area contributed by atoms with Gasteiger partial charge in [-0.1, -0.05) is 0 Å².